The Kier molecular flexibility index (Phi) is 4.22. The second kappa shape index (κ2) is 6.27. The van der Waals surface area contributed by atoms with E-state index in [1.807, 2.05) is 18.5 Å². The third-order valence-electron chi connectivity index (χ3n) is 6.10. The van der Waals surface area contributed by atoms with Gasteiger partial charge in [-0.1, -0.05) is 13.8 Å². The Balaban J connectivity index is 1.47. The summed E-state index contributed by atoms with van der Waals surface area (Å²) in [5, 5.41) is 15.6. The number of nitrogens with zero attached hydrogens (tertiary/aromatic N) is 4. The Morgan fingerprint density at radius 1 is 1.28 bits per heavy atom. The lowest BCUT2D eigenvalue weighted by Gasteiger charge is -2.60. The molecule has 2 heterocycles. The first kappa shape index (κ1) is 16.8. The van der Waals surface area contributed by atoms with E-state index in [4.69, 9.17) is 9.73 Å². The van der Waals surface area contributed by atoms with Gasteiger partial charge in [-0.25, -0.2) is 4.99 Å². The van der Waals surface area contributed by atoms with Gasteiger partial charge in [0.1, 0.15) is 12.4 Å². The number of rotatable bonds is 4. The van der Waals surface area contributed by atoms with Gasteiger partial charge in [-0.05, 0) is 32.6 Å². The molecule has 1 aliphatic heterocycles. The van der Waals surface area contributed by atoms with Gasteiger partial charge in [-0.3, -0.25) is 0 Å². The third-order valence-corrected chi connectivity index (χ3v) is 6.10. The van der Waals surface area contributed by atoms with Gasteiger partial charge in [0.05, 0.1) is 6.10 Å². The van der Waals surface area contributed by atoms with Crippen molar-refractivity contribution in [2.24, 2.45) is 23.4 Å². The Morgan fingerprint density at radius 3 is 2.76 bits per heavy atom. The average Bonchev–Trinajstić information content (AvgIpc) is 3.36. The van der Waals surface area contributed by atoms with E-state index in [0.717, 1.165) is 30.6 Å². The lowest BCUT2D eigenvalue weighted by molar-refractivity contribution is -0.188. The molecule has 3 fully saturated rings. The number of aliphatic imine (C=N–C) groups is 1. The quantitative estimate of drug-likeness (QED) is 0.639. The van der Waals surface area contributed by atoms with E-state index < -0.39 is 0 Å². The molecule has 1 saturated heterocycles. The van der Waals surface area contributed by atoms with Crippen molar-refractivity contribution in [2.45, 2.75) is 71.2 Å². The van der Waals surface area contributed by atoms with Crippen molar-refractivity contribution >= 4 is 5.96 Å². The van der Waals surface area contributed by atoms with Crippen LogP contribution in [0, 0.1) is 18.3 Å². The van der Waals surface area contributed by atoms with E-state index in [2.05, 4.69) is 34.7 Å². The summed E-state index contributed by atoms with van der Waals surface area (Å²) in [5.41, 5.74) is 0.137. The molecule has 0 aromatic carbocycles. The molecular weight excluding hydrogens is 316 g/mol. The van der Waals surface area contributed by atoms with Crippen LogP contribution in [0.2, 0.25) is 0 Å². The second-order valence-corrected chi connectivity index (χ2v) is 8.35. The lowest BCUT2D eigenvalue weighted by Crippen LogP contribution is -2.71. The predicted molar refractivity (Wildman–Crippen MR) is 96.2 cm³/mol. The molecule has 3 atom stereocenters. The molecular formula is C18H30N6O. The van der Waals surface area contributed by atoms with Gasteiger partial charge >= 0.3 is 0 Å². The van der Waals surface area contributed by atoms with Gasteiger partial charge in [-0.15, -0.1) is 10.2 Å². The Hall–Kier alpha value is -1.63. The normalized spacial score (nSPS) is 31.2. The highest BCUT2D eigenvalue weighted by Gasteiger charge is 2.58. The topological polar surface area (TPSA) is 76.4 Å². The van der Waals surface area contributed by atoms with Gasteiger partial charge in [0.15, 0.2) is 11.8 Å². The van der Waals surface area contributed by atoms with Gasteiger partial charge in [0, 0.05) is 37.1 Å². The molecule has 0 bridgehead atoms. The molecule has 0 radical (unpaired) electrons. The largest absolute Gasteiger partial charge is 0.377 e. The van der Waals surface area contributed by atoms with E-state index in [-0.39, 0.29) is 5.41 Å². The van der Waals surface area contributed by atoms with Crippen molar-refractivity contribution < 1.29 is 4.74 Å². The summed E-state index contributed by atoms with van der Waals surface area (Å²) in [4.78, 5) is 4.80. The summed E-state index contributed by atoms with van der Waals surface area (Å²) in [7, 11) is 1.99. The van der Waals surface area contributed by atoms with E-state index in [1.165, 1.54) is 19.3 Å². The van der Waals surface area contributed by atoms with Crippen LogP contribution in [0.15, 0.2) is 4.99 Å². The molecule has 2 aliphatic carbocycles. The fourth-order valence-electron chi connectivity index (χ4n) is 4.26. The van der Waals surface area contributed by atoms with Gasteiger partial charge in [0.25, 0.3) is 0 Å². The van der Waals surface area contributed by atoms with Crippen LogP contribution in [0.5, 0.6) is 0 Å². The number of aryl methyl sites for hydroxylation is 1. The molecule has 1 aromatic rings. The number of hydrogen-bond donors (Lipinski definition) is 2. The minimum absolute atomic E-state index is 0.137. The standard InChI is InChI=1S/C18H30N6O/c1-11-22-23-14(24(11)4)10-19-17(20-12-7-8-12)21-15-13-6-5-9-25-16(13)18(15,2)3/h12-13,15-16H,5-10H2,1-4H3,(H2,19,20,21). The summed E-state index contributed by atoms with van der Waals surface area (Å²) in [6.07, 6.45) is 5.24. The number of guanidine groups is 1. The van der Waals surface area contributed by atoms with Crippen molar-refractivity contribution in [1.82, 2.24) is 25.4 Å². The van der Waals surface area contributed by atoms with Gasteiger partial charge in [0.2, 0.25) is 0 Å². The van der Waals surface area contributed by atoms with Crippen LogP contribution in [0.4, 0.5) is 0 Å². The molecule has 4 rings (SSSR count). The summed E-state index contributed by atoms with van der Waals surface area (Å²) < 4.78 is 8.02. The van der Waals surface area contributed by atoms with Crippen molar-refractivity contribution in [2.75, 3.05) is 6.61 Å². The minimum atomic E-state index is 0.137. The van der Waals surface area contributed by atoms with Crippen LogP contribution >= 0.6 is 0 Å². The first-order valence-electron chi connectivity index (χ1n) is 9.51. The molecule has 1 aromatic heterocycles. The number of nitrogens with one attached hydrogen (secondary N) is 2. The zero-order valence-electron chi connectivity index (χ0n) is 15.7. The molecule has 0 amide bonds. The number of fused-ring (bicyclic) bond motifs is 1. The third kappa shape index (κ3) is 3.14. The maximum Gasteiger partial charge on any atom is 0.192 e. The summed E-state index contributed by atoms with van der Waals surface area (Å²) in [6, 6.07) is 0.970. The highest BCUT2D eigenvalue weighted by atomic mass is 16.5. The van der Waals surface area contributed by atoms with Crippen molar-refractivity contribution in [3.63, 3.8) is 0 Å². The molecule has 7 nitrogen and oxygen atoms in total. The highest BCUT2D eigenvalue weighted by molar-refractivity contribution is 5.81. The van der Waals surface area contributed by atoms with E-state index in [1.54, 1.807) is 0 Å². The lowest BCUT2D eigenvalue weighted by atomic mass is 9.55. The maximum absolute atomic E-state index is 6.02. The molecule has 138 valence electrons. The molecule has 2 saturated carbocycles. The summed E-state index contributed by atoms with van der Waals surface area (Å²) >= 11 is 0. The van der Waals surface area contributed by atoms with Crippen LogP contribution in [0.3, 0.4) is 0 Å². The smallest absolute Gasteiger partial charge is 0.192 e. The Morgan fingerprint density at radius 2 is 2.08 bits per heavy atom. The van der Waals surface area contributed by atoms with E-state index in [9.17, 15) is 0 Å². The molecule has 25 heavy (non-hydrogen) atoms. The number of hydrogen-bond acceptors (Lipinski definition) is 4. The number of ether oxygens (including phenoxy) is 1. The zero-order valence-corrected chi connectivity index (χ0v) is 15.7. The Labute approximate surface area is 149 Å². The van der Waals surface area contributed by atoms with Crippen molar-refractivity contribution in [3.05, 3.63) is 11.6 Å². The first-order chi connectivity index (χ1) is 12.0. The van der Waals surface area contributed by atoms with E-state index in [0.29, 0.717) is 30.7 Å². The SMILES string of the molecule is Cc1nnc(CN=C(NC2CC2)NC2C3CCCOC3C2(C)C)n1C. The zero-order chi connectivity index (χ0) is 17.6. The summed E-state index contributed by atoms with van der Waals surface area (Å²) in [6.45, 7) is 8.01. The fourth-order valence-corrected chi connectivity index (χ4v) is 4.26. The van der Waals surface area contributed by atoms with Crippen molar-refractivity contribution in [3.8, 4) is 0 Å². The Bertz CT molecular complexity index is 663. The number of aromatic nitrogens is 3. The van der Waals surface area contributed by atoms with Crippen LogP contribution in [0.1, 0.15) is 51.2 Å². The van der Waals surface area contributed by atoms with Gasteiger partial charge in [-0.2, -0.15) is 0 Å². The monoisotopic (exact) mass is 346 g/mol. The summed E-state index contributed by atoms with van der Waals surface area (Å²) in [5.74, 6) is 3.30. The maximum atomic E-state index is 6.02. The highest BCUT2D eigenvalue weighted by Crippen LogP contribution is 2.51. The fraction of sp³-hybridized carbons (Fsp3) is 0.833. The molecule has 3 aliphatic rings. The molecule has 3 unspecified atom stereocenters. The molecule has 2 N–H and O–H groups in total. The predicted octanol–water partition coefficient (Wildman–Crippen LogP) is 1.52. The van der Waals surface area contributed by atoms with Crippen LogP contribution in [-0.2, 0) is 18.3 Å². The van der Waals surface area contributed by atoms with Crippen LogP contribution < -0.4 is 10.6 Å². The van der Waals surface area contributed by atoms with E-state index >= 15 is 0 Å². The van der Waals surface area contributed by atoms with Crippen LogP contribution in [0.25, 0.3) is 0 Å². The molecule has 7 heteroatoms. The van der Waals surface area contributed by atoms with Crippen LogP contribution in [-0.4, -0.2) is 45.5 Å². The molecule has 0 spiro atoms. The van der Waals surface area contributed by atoms with Gasteiger partial charge < -0.3 is 19.9 Å². The second-order valence-electron chi connectivity index (χ2n) is 8.35. The first-order valence-corrected chi connectivity index (χ1v) is 9.51. The minimum Gasteiger partial charge on any atom is -0.377 e. The average molecular weight is 346 g/mol. The van der Waals surface area contributed by atoms with Crippen molar-refractivity contribution in [1.29, 1.82) is 0 Å².